The highest BCUT2D eigenvalue weighted by molar-refractivity contribution is 5.92. The molecule has 32 heavy (non-hydrogen) atoms. The number of likely N-dealkylation sites (N-methyl/N-ethyl adjacent to an activating group) is 1. The first-order valence-electron chi connectivity index (χ1n) is 10.6. The number of hydrogen-bond acceptors (Lipinski definition) is 6. The number of nitrogens with zero attached hydrogens (tertiary/aromatic N) is 1. The molecule has 9 heteroatoms. The van der Waals surface area contributed by atoms with Crippen LogP contribution in [0.2, 0.25) is 0 Å². The smallest absolute Gasteiger partial charge is 0.408 e. The number of para-hydroxylation sites is 1. The first-order valence-corrected chi connectivity index (χ1v) is 10.6. The predicted octanol–water partition coefficient (Wildman–Crippen LogP) is 2.39. The summed E-state index contributed by atoms with van der Waals surface area (Å²) in [5, 5.41) is 25.7. The van der Waals surface area contributed by atoms with Gasteiger partial charge in [-0.25, -0.2) is 4.79 Å². The van der Waals surface area contributed by atoms with Crippen LogP contribution in [0.1, 0.15) is 65.6 Å². The highest BCUT2D eigenvalue weighted by Crippen LogP contribution is 2.32. The first-order chi connectivity index (χ1) is 14.6. The Morgan fingerprint density at radius 2 is 1.72 bits per heavy atom. The number of carbonyl (C=O) groups excluding carboxylic acids is 3. The van der Waals surface area contributed by atoms with Gasteiger partial charge in [-0.15, -0.1) is 0 Å². The summed E-state index contributed by atoms with van der Waals surface area (Å²) in [7, 11) is 0. The maximum Gasteiger partial charge on any atom is 0.408 e. The zero-order chi connectivity index (χ0) is 24.9. The fourth-order valence-corrected chi connectivity index (χ4v) is 3.09. The predicted molar refractivity (Wildman–Crippen MR) is 121 cm³/mol. The van der Waals surface area contributed by atoms with E-state index in [4.69, 9.17) is 4.74 Å². The van der Waals surface area contributed by atoms with Crippen molar-refractivity contribution in [2.45, 2.75) is 78.6 Å². The average Bonchev–Trinajstić information content (AvgIpc) is 2.63. The van der Waals surface area contributed by atoms with Gasteiger partial charge in [-0.3, -0.25) is 9.59 Å². The first kappa shape index (κ1) is 27.2. The number of aryl methyl sites for hydroxylation is 1. The fraction of sp³-hybridized carbons (Fsp3) is 0.609. The number of aliphatic hydroxyl groups is 1. The molecule has 0 heterocycles. The number of phenols is 1. The molecular formula is C23H37N3O6. The molecule has 0 saturated heterocycles. The van der Waals surface area contributed by atoms with Crippen molar-refractivity contribution in [3.05, 3.63) is 29.3 Å². The molecule has 3 amide bonds. The number of carbonyl (C=O) groups is 3. The van der Waals surface area contributed by atoms with Crippen molar-refractivity contribution in [3.63, 3.8) is 0 Å². The molecule has 180 valence electrons. The van der Waals surface area contributed by atoms with E-state index in [9.17, 15) is 24.6 Å². The van der Waals surface area contributed by atoms with Gasteiger partial charge in [-0.2, -0.15) is 0 Å². The Morgan fingerprint density at radius 3 is 2.19 bits per heavy atom. The van der Waals surface area contributed by atoms with Crippen LogP contribution in [-0.4, -0.2) is 63.4 Å². The minimum Gasteiger partial charge on any atom is -0.507 e. The minimum absolute atomic E-state index is 0.0843. The normalized spacial score (nSPS) is 13.7. The van der Waals surface area contributed by atoms with Gasteiger partial charge in [0.2, 0.25) is 11.8 Å². The average molecular weight is 452 g/mol. The molecule has 9 nitrogen and oxygen atoms in total. The Labute approximate surface area is 190 Å². The Kier molecular flexibility index (Phi) is 9.08. The van der Waals surface area contributed by atoms with Crippen molar-refractivity contribution in [3.8, 4) is 5.75 Å². The molecule has 4 N–H and O–H groups in total. The van der Waals surface area contributed by atoms with Crippen LogP contribution in [0, 0.1) is 6.92 Å². The summed E-state index contributed by atoms with van der Waals surface area (Å²) in [5.41, 5.74) is -0.594. The fourth-order valence-electron chi connectivity index (χ4n) is 3.09. The van der Waals surface area contributed by atoms with Gasteiger partial charge in [-0.05, 0) is 61.0 Å². The Hall–Kier alpha value is -2.81. The summed E-state index contributed by atoms with van der Waals surface area (Å²) in [6, 6.07) is 2.43. The highest BCUT2D eigenvalue weighted by atomic mass is 16.6. The van der Waals surface area contributed by atoms with Crippen molar-refractivity contribution in [1.29, 1.82) is 0 Å². The van der Waals surface area contributed by atoms with Crippen LogP contribution < -0.4 is 10.6 Å². The van der Waals surface area contributed by atoms with Crippen LogP contribution in [0.5, 0.6) is 5.75 Å². The lowest BCUT2D eigenvalue weighted by Crippen LogP contribution is -2.55. The Balaban J connectivity index is 3.38. The van der Waals surface area contributed by atoms with E-state index < -0.39 is 47.7 Å². The topological polar surface area (TPSA) is 128 Å². The van der Waals surface area contributed by atoms with Crippen molar-refractivity contribution in [1.82, 2.24) is 15.5 Å². The highest BCUT2D eigenvalue weighted by Gasteiger charge is 2.37. The van der Waals surface area contributed by atoms with Gasteiger partial charge in [0, 0.05) is 17.6 Å². The Bertz CT molecular complexity index is 826. The van der Waals surface area contributed by atoms with E-state index in [0.29, 0.717) is 5.56 Å². The number of aromatic hydroxyl groups is 1. The molecule has 0 aromatic heterocycles. The lowest BCUT2D eigenvalue weighted by Gasteiger charge is -2.35. The summed E-state index contributed by atoms with van der Waals surface area (Å²) in [4.78, 5) is 40.0. The summed E-state index contributed by atoms with van der Waals surface area (Å²) >= 11 is 0. The van der Waals surface area contributed by atoms with Gasteiger partial charge in [0.25, 0.3) is 0 Å². The van der Waals surface area contributed by atoms with Crippen molar-refractivity contribution < 1.29 is 29.3 Å². The molecule has 1 aromatic carbocycles. The maximum atomic E-state index is 13.3. The maximum absolute atomic E-state index is 13.3. The van der Waals surface area contributed by atoms with Crippen molar-refractivity contribution in [2.24, 2.45) is 0 Å². The molecule has 0 aliphatic heterocycles. The van der Waals surface area contributed by atoms with Crippen molar-refractivity contribution >= 4 is 17.9 Å². The molecular weight excluding hydrogens is 414 g/mol. The number of rotatable bonds is 7. The van der Waals surface area contributed by atoms with Gasteiger partial charge in [0.1, 0.15) is 23.4 Å². The number of benzene rings is 1. The summed E-state index contributed by atoms with van der Waals surface area (Å²) < 4.78 is 5.18. The molecule has 1 aromatic rings. The lowest BCUT2D eigenvalue weighted by molar-refractivity contribution is -0.143. The summed E-state index contributed by atoms with van der Waals surface area (Å²) in [5.74, 6) is -1.29. The molecule has 2 atom stereocenters. The van der Waals surface area contributed by atoms with E-state index >= 15 is 0 Å². The number of amides is 3. The van der Waals surface area contributed by atoms with Crippen LogP contribution in [0.25, 0.3) is 0 Å². The number of hydrogen-bond donors (Lipinski definition) is 4. The lowest BCUT2D eigenvalue weighted by atomic mass is 9.98. The third kappa shape index (κ3) is 7.71. The number of phenolic OH excluding ortho intramolecular Hbond substituents is 1. The van der Waals surface area contributed by atoms with E-state index in [2.05, 4.69) is 10.6 Å². The summed E-state index contributed by atoms with van der Waals surface area (Å²) in [6.45, 7) is 13.2. The molecule has 0 fully saturated rings. The molecule has 0 bridgehead atoms. The van der Waals surface area contributed by atoms with Crippen LogP contribution >= 0.6 is 0 Å². The van der Waals surface area contributed by atoms with Crippen LogP contribution in [0.15, 0.2) is 18.2 Å². The van der Waals surface area contributed by atoms with E-state index in [1.807, 2.05) is 0 Å². The largest absolute Gasteiger partial charge is 0.507 e. The zero-order valence-corrected chi connectivity index (χ0v) is 20.3. The third-order valence-electron chi connectivity index (χ3n) is 4.42. The molecule has 1 rings (SSSR count). The second-order valence-electron chi connectivity index (χ2n) is 9.66. The van der Waals surface area contributed by atoms with Crippen LogP contribution in [0.3, 0.4) is 0 Å². The second-order valence-corrected chi connectivity index (χ2v) is 9.66. The van der Waals surface area contributed by atoms with E-state index in [1.165, 1.54) is 4.90 Å². The van der Waals surface area contributed by atoms with Gasteiger partial charge < -0.3 is 30.5 Å². The monoisotopic (exact) mass is 451 g/mol. The van der Waals surface area contributed by atoms with E-state index in [-0.39, 0.29) is 17.9 Å². The van der Waals surface area contributed by atoms with Gasteiger partial charge in [0.05, 0.1) is 6.61 Å². The molecule has 0 saturated carbocycles. The second kappa shape index (κ2) is 10.7. The number of aliphatic hydroxyl groups excluding tert-OH is 1. The van der Waals surface area contributed by atoms with Gasteiger partial charge in [-0.1, -0.05) is 18.2 Å². The molecule has 0 spiro atoms. The zero-order valence-electron chi connectivity index (χ0n) is 20.3. The van der Waals surface area contributed by atoms with Gasteiger partial charge in [0.15, 0.2) is 0 Å². The van der Waals surface area contributed by atoms with E-state index in [1.54, 1.807) is 73.6 Å². The van der Waals surface area contributed by atoms with Crippen LogP contribution in [0.4, 0.5) is 4.79 Å². The quantitative estimate of drug-likeness (QED) is 0.504. The molecule has 0 aliphatic rings. The van der Waals surface area contributed by atoms with Crippen LogP contribution in [-0.2, 0) is 14.3 Å². The molecule has 2 unspecified atom stereocenters. The van der Waals surface area contributed by atoms with E-state index in [0.717, 1.165) is 0 Å². The third-order valence-corrected chi connectivity index (χ3v) is 4.42. The number of alkyl carbamates (subject to hydrolysis) is 1. The standard InChI is InChI=1S/C23H37N3O6/c1-9-26(20(30)16(13-27)24-21(31)32-23(6,7)8)17(19(29)25-22(3,4)5)15-12-10-11-14(2)18(15)28/h10-12,16-17,27-28H,9,13H2,1-8H3,(H,24,31)(H,25,29). The summed E-state index contributed by atoms with van der Waals surface area (Å²) in [6.07, 6.45) is -0.866. The minimum atomic E-state index is -1.33. The Morgan fingerprint density at radius 1 is 1.12 bits per heavy atom. The van der Waals surface area contributed by atoms with Crippen molar-refractivity contribution in [2.75, 3.05) is 13.2 Å². The number of ether oxygens (including phenoxy) is 1. The molecule has 0 aliphatic carbocycles. The van der Waals surface area contributed by atoms with Gasteiger partial charge >= 0.3 is 6.09 Å². The number of nitrogens with one attached hydrogen (secondary N) is 2. The SMILES string of the molecule is CCN(C(=O)C(CO)NC(=O)OC(C)(C)C)C(C(=O)NC(C)(C)C)c1cccc(C)c1O. The molecule has 0 radical (unpaired) electrons.